The first-order chi connectivity index (χ1) is 7.34. The molecule has 15 heavy (non-hydrogen) atoms. The highest BCUT2D eigenvalue weighted by atomic mass is 16.2. The fourth-order valence-electron chi connectivity index (χ4n) is 2.10. The number of carbonyl (C=O) groups excluding carboxylic acids is 1. The number of hydrogen-bond donors (Lipinski definition) is 1. The summed E-state index contributed by atoms with van der Waals surface area (Å²) < 4.78 is 0. The van der Waals surface area contributed by atoms with E-state index in [1.54, 1.807) is 0 Å². The van der Waals surface area contributed by atoms with Crippen LogP contribution in [0, 0.1) is 0 Å². The number of amides is 1. The van der Waals surface area contributed by atoms with Gasteiger partial charge in [-0.1, -0.05) is 42.5 Å². The third-order valence-electron chi connectivity index (χ3n) is 2.92. The second-order valence-electron chi connectivity index (χ2n) is 3.89. The van der Waals surface area contributed by atoms with Crippen molar-refractivity contribution < 1.29 is 4.79 Å². The van der Waals surface area contributed by atoms with E-state index >= 15 is 0 Å². The van der Waals surface area contributed by atoms with Crippen molar-refractivity contribution in [2.24, 2.45) is 0 Å². The van der Waals surface area contributed by atoms with Gasteiger partial charge in [0.05, 0.1) is 12.5 Å². The van der Waals surface area contributed by atoms with Gasteiger partial charge >= 0.3 is 0 Å². The van der Waals surface area contributed by atoms with Gasteiger partial charge in [-0.3, -0.25) is 4.79 Å². The van der Waals surface area contributed by atoms with Crippen molar-refractivity contribution in [3.63, 3.8) is 0 Å². The predicted molar refractivity (Wildman–Crippen MR) is 59.4 cm³/mol. The van der Waals surface area contributed by atoms with Gasteiger partial charge in [-0.15, -0.1) is 0 Å². The van der Waals surface area contributed by atoms with E-state index in [1.165, 1.54) is 16.3 Å². The Kier molecular flexibility index (Phi) is 1.75. The highest BCUT2D eigenvalue weighted by Crippen LogP contribution is 2.30. The molecule has 0 saturated carbocycles. The molecule has 74 valence electrons. The summed E-state index contributed by atoms with van der Waals surface area (Å²) in [6.45, 7) is 0. The van der Waals surface area contributed by atoms with Crippen LogP contribution < -0.4 is 5.32 Å². The first kappa shape index (κ1) is 8.48. The zero-order valence-electron chi connectivity index (χ0n) is 8.23. The summed E-state index contributed by atoms with van der Waals surface area (Å²) in [6.07, 6.45) is 0.619. The number of carbonyl (C=O) groups is 1. The second kappa shape index (κ2) is 3.09. The molecule has 1 fully saturated rings. The van der Waals surface area contributed by atoms with Gasteiger partial charge in [0.15, 0.2) is 0 Å². The van der Waals surface area contributed by atoms with Crippen LogP contribution >= 0.6 is 0 Å². The molecule has 0 aromatic heterocycles. The van der Waals surface area contributed by atoms with Crippen LogP contribution in [0.15, 0.2) is 42.5 Å². The van der Waals surface area contributed by atoms with E-state index in [1.807, 2.05) is 18.2 Å². The number of β-lactam (4-membered cyclic amide) rings is 1. The molecule has 2 aromatic carbocycles. The smallest absolute Gasteiger partial charge is 0.222 e. The van der Waals surface area contributed by atoms with Crippen LogP contribution in [0.2, 0.25) is 0 Å². The molecular formula is C13H11NO. The topological polar surface area (TPSA) is 29.1 Å². The lowest BCUT2D eigenvalue weighted by Gasteiger charge is -2.28. The molecule has 0 spiro atoms. The minimum atomic E-state index is 0.146. The number of rotatable bonds is 1. The van der Waals surface area contributed by atoms with Crippen molar-refractivity contribution in [3.8, 4) is 0 Å². The first-order valence-corrected chi connectivity index (χ1v) is 5.11. The van der Waals surface area contributed by atoms with Crippen LogP contribution in [-0.4, -0.2) is 5.91 Å². The highest BCUT2D eigenvalue weighted by Gasteiger charge is 2.27. The lowest BCUT2D eigenvalue weighted by Crippen LogP contribution is -2.41. The van der Waals surface area contributed by atoms with Crippen molar-refractivity contribution >= 4 is 16.7 Å². The van der Waals surface area contributed by atoms with E-state index < -0.39 is 0 Å². The third-order valence-corrected chi connectivity index (χ3v) is 2.92. The maximum absolute atomic E-state index is 10.9. The molecular weight excluding hydrogens is 186 g/mol. The quantitative estimate of drug-likeness (QED) is 0.699. The molecule has 1 heterocycles. The molecule has 2 nitrogen and oxygen atoms in total. The minimum absolute atomic E-state index is 0.146. The van der Waals surface area contributed by atoms with Crippen LogP contribution in [0.5, 0.6) is 0 Å². The summed E-state index contributed by atoms with van der Waals surface area (Å²) in [4.78, 5) is 10.9. The van der Waals surface area contributed by atoms with E-state index in [4.69, 9.17) is 0 Å². The maximum atomic E-state index is 10.9. The Balaban J connectivity index is 2.14. The van der Waals surface area contributed by atoms with E-state index in [0.717, 1.165) is 0 Å². The van der Waals surface area contributed by atoms with Crippen molar-refractivity contribution in [3.05, 3.63) is 48.0 Å². The van der Waals surface area contributed by atoms with Gasteiger partial charge in [0, 0.05) is 0 Å². The summed E-state index contributed by atoms with van der Waals surface area (Å²) in [5.74, 6) is 0.146. The lowest BCUT2D eigenvalue weighted by molar-refractivity contribution is -0.128. The van der Waals surface area contributed by atoms with Crippen LogP contribution in [0.25, 0.3) is 10.8 Å². The zero-order chi connectivity index (χ0) is 10.3. The number of fused-ring (bicyclic) bond motifs is 1. The molecule has 1 aliphatic heterocycles. The van der Waals surface area contributed by atoms with E-state index in [-0.39, 0.29) is 11.9 Å². The first-order valence-electron chi connectivity index (χ1n) is 5.11. The minimum Gasteiger partial charge on any atom is -0.349 e. The zero-order valence-corrected chi connectivity index (χ0v) is 8.23. The maximum Gasteiger partial charge on any atom is 0.222 e. The molecule has 1 saturated heterocycles. The van der Waals surface area contributed by atoms with Crippen molar-refractivity contribution in [1.29, 1.82) is 0 Å². The Labute approximate surface area is 87.9 Å². The summed E-state index contributed by atoms with van der Waals surface area (Å²) in [5, 5.41) is 5.39. The van der Waals surface area contributed by atoms with Crippen molar-refractivity contribution in [1.82, 2.24) is 5.32 Å². The molecule has 2 aromatic rings. The van der Waals surface area contributed by atoms with Gasteiger partial charge in [-0.2, -0.15) is 0 Å². The summed E-state index contributed by atoms with van der Waals surface area (Å²) in [5.41, 5.74) is 1.23. The van der Waals surface area contributed by atoms with Gasteiger partial charge in [0.2, 0.25) is 5.91 Å². The fraction of sp³-hybridized carbons (Fsp3) is 0.154. The molecule has 0 radical (unpaired) electrons. The molecule has 1 atom stereocenters. The molecule has 1 amide bonds. The van der Waals surface area contributed by atoms with Gasteiger partial charge in [0.25, 0.3) is 0 Å². The molecule has 1 unspecified atom stereocenters. The van der Waals surface area contributed by atoms with Crippen LogP contribution in [0.3, 0.4) is 0 Å². The Hall–Kier alpha value is -1.83. The second-order valence-corrected chi connectivity index (χ2v) is 3.89. The summed E-state index contributed by atoms with van der Waals surface area (Å²) in [6, 6.07) is 14.7. The lowest BCUT2D eigenvalue weighted by atomic mass is 9.92. The molecule has 0 aliphatic carbocycles. The SMILES string of the molecule is O=C1CC(c2cccc3ccccc23)N1. The fourth-order valence-corrected chi connectivity index (χ4v) is 2.10. The summed E-state index contributed by atoms with van der Waals surface area (Å²) >= 11 is 0. The standard InChI is InChI=1S/C13H11NO/c15-13-8-12(14-13)11-7-3-5-9-4-1-2-6-10(9)11/h1-7,12H,8H2,(H,14,15). The molecule has 2 heteroatoms. The van der Waals surface area contributed by atoms with Gasteiger partial charge in [0.1, 0.15) is 0 Å². The monoisotopic (exact) mass is 197 g/mol. The van der Waals surface area contributed by atoms with Gasteiger partial charge < -0.3 is 5.32 Å². The average Bonchev–Trinajstić information content (AvgIpc) is 2.24. The molecule has 3 rings (SSSR count). The molecule has 0 bridgehead atoms. The van der Waals surface area contributed by atoms with E-state index in [0.29, 0.717) is 6.42 Å². The van der Waals surface area contributed by atoms with Crippen LogP contribution in [0.1, 0.15) is 18.0 Å². The highest BCUT2D eigenvalue weighted by molar-refractivity contribution is 5.90. The van der Waals surface area contributed by atoms with E-state index in [2.05, 4.69) is 29.6 Å². The van der Waals surface area contributed by atoms with Crippen molar-refractivity contribution in [2.75, 3.05) is 0 Å². The number of benzene rings is 2. The normalized spacial score (nSPS) is 19.7. The van der Waals surface area contributed by atoms with Crippen LogP contribution in [0.4, 0.5) is 0 Å². The predicted octanol–water partition coefficient (Wildman–Crippen LogP) is 2.40. The number of hydrogen-bond acceptors (Lipinski definition) is 1. The van der Waals surface area contributed by atoms with Crippen LogP contribution in [-0.2, 0) is 4.79 Å². The molecule has 1 N–H and O–H groups in total. The van der Waals surface area contributed by atoms with Gasteiger partial charge in [-0.25, -0.2) is 0 Å². The Bertz CT molecular complexity index is 520. The Morgan fingerprint density at radius 1 is 1.07 bits per heavy atom. The van der Waals surface area contributed by atoms with E-state index in [9.17, 15) is 4.79 Å². The summed E-state index contributed by atoms with van der Waals surface area (Å²) in [7, 11) is 0. The molecule has 1 aliphatic rings. The Morgan fingerprint density at radius 3 is 2.60 bits per heavy atom. The average molecular weight is 197 g/mol. The van der Waals surface area contributed by atoms with Crippen molar-refractivity contribution in [2.45, 2.75) is 12.5 Å². The Morgan fingerprint density at radius 2 is 1.80 bits per heavy atom. The number of nitrogens with one attached hydrogen (secondary N) is 1. The largest absolute Gasteiger partial charge is 0.349 e. The third kappa shape index (κ3) is 1.30. The van der Waals surface area contributed by atoms with Gasteiger partial charge in [-0.05, 0) is 16.3 Å².